The van der Waals surface area contributed by atoms with Gasteiger partial charge in [-0.2, -0.15) is 0 Å². The van der Waals surface area contributed by atoms with Crippen LogP contribution in [0, 0.1) is 6.92 Å². The first kappa shape index (κ1) is 23.3. The van der Waals surface area contributed by atoms with Gasteiger partial charge in [0.2, 0.25) is 0 Å². The van der Waals surface area contributed by atoms with Crippen molar-refractivity contribution in [1.82, 2.24) is 20.3 Å². The molecule has 182 valence electrons. The molecule has 2 fully saturated rings. The maximum atomic E-state index is 13.2. The van der Waals surface area contributed by atoms with E-state index in [2.05, 4.69) is 22.1 Å². The molecule has 34 heavy (non-hydrogen) atoms. The fourth-order valence-corrected chi connectivity index (χ4v) is 6.83. The Kier molecular flexibility index (Phi) is 6.12. The van der Waals surface area contributed by atoms with E-state index in [1.807, 2.05) is 37.3 Å². The quantitative estimate of drug-likeness (QED) is 0.575. The molecule has 0 amide bonds. The van der Waals surface area contributed by atoms with E-state index in [0.29, 0.717) is 44.8 Å². The summed E-state index contributed by atoms with van der Waals surface area (Å²) in [6.45, 7) is 7.49. The largest absolute Gasteiger partial charge is 0.377 e. The highest BCUT2D eigenvalue weighted by molar-refractivity contribution is 7.91. The summed E-state index contributed by atoms with van der Waals surface area (Å²) in [6, 6.07) is 10.1. The van der Waals surface area contributed by atoms with Crippen molar-refractivity contribution in [3.63, 3.8) is 0 Å². The lowest BCUT2D eigenvalue weighted by Gasteiger charge is -2.39. The number of aryl methyl sites for hydroxylation is 1. The first-order valence-electron chi connectivity index (χ1n) is 12.0. The Morgan fingerprint density at radius 3 is 2.68 bits per heavy atom. The zero-order valence-electron chi connectivity index (χ0n) is 20.1. The molecule has 0 aromatic carbocycles. The van der Waals surface area contributed by atoms with Crippen molar-refractivity contribution in [3.05, 3.63) is 41.6 Å². The summed E-state index contributed by atoms with van der Waals surface area (Å²) in [7, 11) is -3.37. The predicted octanol–water partition coefficient (Wildman–Crippen LogP) is 3.17. The minimum absolute atomic E-state index is 0.203. The molecule has 2 N–H and O–H groups in total. The number of morpholine rings is 1. The van der Waals surface area contributed by atoms with Gasteiger partial charge < -0.3 is 19.9 Å². The number of sulfone groups is 1. The summed E-state index contributed by atoms with van der Waals surface area (Å²) in [6.07, 6.45) is 3.38. The second kappa shape index (κ2) is 8.94. The zero-order chi connectivity index (χ0) is 23.9. The Hall–Kier alpha value is -2.49. The Bertz CT molecular complexity index is 1300. The molecule has 2 aliphatic heterocycles. The third kappa shape index (κ3) is 4.10. The molecular weight excluding hydrogens is 450 g/mol. The highest BCUT2D eigenvalue weighted by atomic mass is 32.2. The maximum absolute atomic E-state index is 13.2. The summed E-state index contributed by atoms with van der Waals surface area (Å²) in [5.74, 6) is 0.802. The minimum Gasteiger partial charge on any atom is -0.377 e. The standard InChI is InChI=1S/C25H33N5O3S/c1-4-19-16-33-12-11-30(19)24-15-18(25(34(3,31)32)7-9-26-10-8-25)14-23(29-24)21-6-5-20-22(28-21)13-17(2)27-20/h5-6,13-15,19,26-27H,4,7-12,16H2,1-3H3. The number of aromatic nitrogens is 3. The topological polar surface area (TPSA) is 100 Å². The van der Waals surface area contributed by atoms with E-state index in [1.165, 1.54) is 6.26 Å². The van der Waals surface area contributed by atoms with Gasteiger partial charge in [-0.1, -0.05) is 6.92 Å². The predicted molar refractivity (Wildman–Crippen MR) is 135 cm³/mol. The van der Waals surface area contributed by atoms with Gasteiger partial charge in [0.15, 0.2) is 9.84 Å². The summed E-state index contributed by atoms with van der Waals surface area (Å²) in [5.41, 5.74) is 5.16. The number of piperidine rings is 1. The molecule has 2 saturated heterocycles. The molecule has 9 heteroatoms. The molecule has 8 nitrogen and oxygen atoms in total. The number of anilines is 1. The fraction of sp³-hybridized carbons (Fsp3) is 0.520. The molecule has 0 bridgehead atoms. The van der Waals surface area contributed by atoms with E-state index in [-0.39, 0.29) is 6.04 Å². The Balaban J connectivity index is 1.70. The Labute approximate surface area is 201 Å². The van der Waals surface area contributed by atoms with Gasteiger partial charge >= 0.3 is 0 Å². The number of H-pyrrole nitrogens is 1. The van der Waals surface area contributed by atoms with Crippen molar-refractivity contribution < 1.29 is 13.2 Å². The zero-order valence-corrected chi connectivity index (χ0v) is 20.9. The van der Waals surface area contributed by atoms with Crippen molar-refractivity contribution in [2.24, 2.45) is 0 Å². The number of fused-ring (bicyclic) bond motifs is 1. The van der Waals surface area contributed by atoms with Crippen LogP contribution >= 0.6 is 0 Å². The van der Waals surface area contributed by atoms with Gasteiger partial charge in [0.25, 0.3) is 0 Å². The second-order valence-corrected chi connectivity index (χ2v) is 11.9. The summed E-state index contributed by atoms with van der Waals surface area (Å²) in [4.78, 5) is 15.5. The van der Waals surface area contributed by atoms with Crippen LogP contribution in [0.3, 0.4) is 0 Å². The monoisotopic (exact) mass is 483 g/mol. The van der Waals surface area contributed by atoms with Crippen LogP contribution in [0.25, 0.3) is 22.4 Å². The number of rotatable bonds is 5. The average molecular weight is 484 g/mol. The van der Waals surface area contributed by atoms with Crippen molar-refractivity contribution in [2.75, 3.05) is 44.0 Å². The first-order chi connectivity index (χ1) is 16.3. The molecule has 5 heterocycles. The molecule has 0 radical (unpaired) electrons. The van der Waals surface area contributed by atoms with Crippen LogP contribution in [-0.4, -0.2) is 68.5 Å². The maximum Gasteiger partial charge on any atom is 0.157 e. The lowest BCUT2D eigenvalue weighted by molar-refractivity contribution is 0.0925. The highest BCUT2D eigenvalue weighted by Crippen LogP contribution is 2.41. The number of ether oxygens (including phenoxy) is 1. The van der Waals surface area contributed by atoms with Gasteiger partial charge in [-0.15, -0.1) is 0 Å². The molecule has 5 rings (SSSR count). The second-order valence-electron chi connectivity index (χ2n) is 9.53. The van der Waals surface area contributed by atoms with E-state index in [4.69, 9.17) is 14.7 Å². The number of pyridine rings is 2. The van der Waals surface area contributed by atoms with Gasteiger partial charge in [-0.3, -0.25) is 0 Å². The van der Waals surface area contributed by atoms with E-state index >= 15 is 0 Å². The third-order valence-electron chi connectivity index (χ3n) is 7.32. The van der Waals surface area contributed by atoms with E-state index in [0.717, 1.165) is 46.8 Å². The van der Waals surface area contributed by atoms with Gasteiger partial charge in [0.1, 0.15) is 5.82 Å². The van der Waals surface area contributed by atoms with E-state index < -0.39 is 14.6 Å². The number of nitrogens with zero attached hydrogens (tertiary/aromatic N) is 3. The number of hydrogen-bond acceptors (Lipinski definition) is 7. The third-order valence-corrected chi connectivity index (χ3v) is 9.39. The van der Waals surface area contributed by atoms with Crippen LogP contribution in [0.2, 0.25) is 0 Å². The summed E-state index contributed by atoms with van der Waals surface area (Å²) in [5, 5.41) is 3.32. The van der Waals surface area contributed by atoms with Gasteiger partial charge in [-0.25, -0.2) is 18.4 Å². The molecule has 0 saturated carbocycles. The molecule has 0 aliphatic carbocycles. The van der Waals surface area contributed by atoms with E-state index in [9.17, 15) is 8.42 Å². The Morgan fingerprint density at radius 1 is 1.15 bits per heavy atom. The molecule has 0 spiro atoms. The molecule has 1 atom stereocenters. The van der Waals surface area contributed by atoms with Crippen molar-refractivity contribution in [2.45, 2.75) is 43.9 Å². The number of nitrogens with one attached hydrogen (secondary N) is 2. The van der Waals surface area contributed by atoms with Crippen LogP contribution in [-0.2, 0) is 19.3 Å². The van der Waals surface area contributed by atoms with Gasteiger partial charge in [0, 0.05) is 18.5 Å². The molecule has 3 aromatic heterocycles. The lowest BCUT2D eigenvalue weighted by Crippen LogP contribution is -2.47. The lowest BCUT2D eigenvalue weighted by atomic mass is 9.88. The molecule has 3 aromatic rings. The number of aromatic amines is 1. The molecule has 2 aliphatic rings. The van der Waals surface area contributed by atoms with Crippen LogP contribution in [0.15, 0.2) is 30.3 Å². The SMILES string of the molecule is CCC1COCCN1c1cc(C2(S(C)(=O)=O)CCNCC2)cc(-c2ccc3[nH]c(C)cc3n2)n1. The molecule has 1 unspecified atom stereocenters. The normalized spacial score (nSPS) is 21.1. The van der Waals surface area contributed by atoms with Gasteiger partial charge in [0.05, 0.1) is 46.4 Å². The first-order valence-corrected chi connectivity index (χ1v) is 13.9. The smallest absolute Gasteiger partial charge is 0.157 e. The average Bonchev–Trinajstić information content (AvgIpc) is 3.22. The van der Waals surface area contributed by atoms with Crippen LogP contribution in [0.4, 0.5) is 5.82 Å². The Morgan fingerprint density at radius 2 is 1.94 bits per heavy atom. The van der Waals surface area contributed by atoms with Crippen molar-refractivity contribution >= 4 is 26.7 Å². The minimum atomic E-state index is -3.37. The molecular formula is C25H33N5O3S. The van der Waals surface area contributed by atoms with Crippen LogP contribution < -0.4 is 10.2 Å². The van der Waals surface area contributed by atoms with Crippen molar-refractivity contribution in [3.8, 4) is 11.4 Å². The van der Waals surface area contributed by atoms with E-state index in [1.54, 1.807) is 0 Å². The van der Waals surface area contributed by atoms with Gasteiger partial charge in [-0.05, 0) is 75.2 Å². The number of hydrogen-bond donors (Lipinski definition) is 2. The van der Waals surface area contributed by atoms with Crippen LogP contribution in [0.1, 0.15) is 37.4 Å². The fourth-order valence-electron chi connectivity index (χ4n) is 5.34. The summed E-state index contributed by atoms with van der Waals surface area (Å²) < 4.78 is 31.3. The highest BCUT2D eigenvalue weighted by Gasteiger charge is 2.44. The van der Waals surface area contributed by atoms with Crippen molar-refractivity contribution in [1.29, 1.82) is 0 Å². The summed E-state index contributed by atoms with van der Waals surface area (Å²) >= 11 is 0. The van der Waals surface area contributed by atoms with Crippen LogP contribution in [0.5, 0.6) is 0 Å².